The van der Waals surface area contributed by atoms with Crippen molar-refractivity contribution in [1.29, 1.82) is 0 Å². The molecule has 0 radical (unpaired) electrons. The average Bonchev–Trinajstić information content (AvgIpc) is 1.87. The summed E-state index contributed by atoms with van der Waals surface area (Å²) >= 11 is 0. The highest BCUT2D eigenvalue weighted by atomic mass is 19.1. The molecule has 0 aromatic heterocycles. The molecule has 0 bridgehead atoms. The number of allylic oxidation sites excluding steroid dienone is 4. The van der Waals surface area contributed by atoms with Crippen molar-refractivity contribution in [3.05, 3.63) is 23.7 Å². The van der Waals surface area contributed by atoms with Gasteiger partial charge in [-0.25, -0.2) is 4.39 Å². The van der Waals surface area contributed by atoms with E-state index in [1.165, 1.54) is 13.2 Å². The maximum absolute atomic E-state index is 12.5. The molecule has 0 rings (SSSR count). The summed E-state index contributed by atoms with van der Waals surface area (Å²) in [5.41, 5.74) is 0. The molecule has 0 aliphatic carbocycles. The third-order valence-corrected chi connectivity index (χ3v) is 0.956. The number of hydrogen-bond donors (Lipinski definition) is 0. The lowest BCUT2D eigenvalue weighted by atomic mass is 10.4. The van der Waals surface area contributed by atoms with Gasteiger partial charge in [0.1, 0.15) is 5.76 Å². The van der Waals surface area contributed by atoms with E-state index in [1.54, 1.807) is 19.9 Å². The van der Waals surface area contributed by atoms with Crippen LogP contribution in [0.3, 0.4) is 0 Å². The van der Waals surface area contributed by atoms with E-state index in [-0.39, 0.29) is 5.83 Å². The van der Waals surface area contributed by atoms with Crippen LogP contribution in [0.4, 0.5) is 4.39 Å². The summed E-state index contributed by atoms with van der Waals surface area (Å²) in [6.45, 7) is 3.33. The third kappa shape index (κ3) is 2.90. The Balaban J connectivity index is 4.10. The van der Waals surface area contributed by atoms with E-state index in [0.29, 0.717) is 5.76 Å². The van der Waals surface area contributed by atoms with E-state index in [2.05, 4.69) is 4.74 Å². The van der Waals surface area contributed by atoms with E-state index >= 15 is 0 Å². The molecule has 0 unspecified atom stereocenters. The Kier molecular flexibility index (Phi) is 3.76. The molecule has 0 aromatic rings. The Morgan fingerprint density at radius 3 is 2.44 bits per heavy atom. The Morgan fingerprint density at radius 1 is 1.56 bits per heavy atom. The summed E-state index contributed by atoms with van der Waals surface area (Å²) in [7, 11) is 1.44. The lowest BCUT2D eigenvalue weighted by Crippen LogP contribution is -1.81. The molecule has 1 nitrogen and oxygen atoms in total. The van der Waals surface area contributed by atoms with Gasteiger partial charge in [-0.05, 0) is 19.9 Å². The first kappa shape index (κ1) is 8.21. The van der Waals surface area contributed by atoms with Crippen LogP contribution >= 0.6 is 0 Å². The molecule has 0 aliphatic rings. The molecule has 0 N–H and O–H groups in total. The van der Waals surface area contributed by atoms with Gasteiger partial charge in [0.15, 0.2) is 5.83 Å². The predicted octanol–water partition coefficient (Wildman–Crippen LogP) is 2.41. The highest BCUT2D eigenvalue weighted by Gasteiger charge is 1.93. The van der Waals surface area contributed by atoms with Crippen LogP contribution in [0.25, 0.3) is 0 Å². The SMILES string of the molecule is CC=CC(F)=C(C)OC. The van der Waals surface area contributed by atoms with E-state index in [0.717, 1.165) is 0 Å². The molecular weight excluding hydrogens is 119 g/mol. The Bertz CT molecular complexity index is 136. The highest BCUT2D eigenvalue weighted by molar-refractivity contribution is 5.12. The Labute approximate surface area is 54.8 Å². The molecule has 9 heavy (non-hydrogen) atoms. The maximum atomic E-state index is 12.5. The summed E-state index contributed by atoms with van der Waals surface area (Å²) in [6.07, 6.45) is 2.98. The molecule has 0 aliphatic heterocycles. The minimum absolute atomic E-state index is 0.313. The molecule has 0 atom stereocenters. The van der Waals surface area contributed by atoms with Gasteiger partial charge in [-0.15, -0.1) is 0 Å². The van der Waals surface area contributed by atoms with Gasteiger partial charge in [0.2, 0.25) is 0 Å². The monoisotopic (exact) mass is 130 g/mol. The normalized spacial score (nSPS) is 13.8. The minimum atomic E-state index is -0.319. The molecule has 2 heteroatoms. The number of rotatable bonds is 2. The van der Waals surface area contributed by atoms with Crippen LogP contribution in [0.15, 0.2) is 23.7 Å². The summed E-state index contributed by atoms with van der Waals surface area (Å²) in [5, 5.41) is 0. The number of hydrogen-bond acceptors (Lipinski definition) is 1. The van der Waals surface area contributed by atoms with Crippen LogP contribution in [-0.2, 0) is 4.74 Å². The van der Waals surface area contributed by atoms with Crippen molar-refractivity contribution in [2.24, 2.45) is 0 Å². The van der Waals surface area contributed by atoms with Gasteiger partial charge in [-0.3, -0.25) is 0 Å². The molecule has 0 heterocycles. The first-order chi connectivity index (χ1) is 4.22. The maximum Gasteiger partial charge on any atom is 0.160 e. The Hall–Kier alpha value is -0.790. The van der Waals surface area contributed by atoms with Gasteiger partial charge in [0.05, 0.1) is 7.11 Å². The van der Waals surface area contributed by atoms with E-state index in [4.69, 9.17) is 0 Å². The molecule has 0 amide bonds. The van der Waals surface area contributed by atoms with E-state index in [9.17, 15) is 4.39 Å². The molecular formula is C7H11FO. The second kappa shape index (κ2) is 4.13. The molecule has 0 aromatic carbocycles. The van der Waals surface area contributed by atoms with Crippen LogP contribution in [-0.4, -0.2) is 7.11 Å². The van der Waals surface area contributed by atoms with Crippen molar-refractivity contribution >= 4 is 0 Å². The van der Waals surface area contributed by atoms with Gasteiger partial charge < -0.3 is 4.74 Å². The van der Waals surface area contributed by atoms with Crippen molar-refractivity contribution in [2.75, 3.05) is 7.11 Å². The van der Waals surface area contributed by atoms with E-state index < -0.39 is 0 Å². The standard InChI is InChI=1S/C7H11FO/c1-4-5-7(8)6(2)9-3/h4-5H,1-3H3. The van der Waals surface area contributed by atoms with Crippen molar-refractivity contribution in [1.82, 2.24) is 0 Å². The zero-order valence-electron chi connectivity index (χ0n) is 5.94. The smallest absolute Gasteiger partial charge is 0.160 e. The number of methoxy groups -OCH3 is 1. The molecule has 0 saturated heterocycles. The fraction of sp³-hybridized carbons (Fsp3) is 0.429. The average molecular weight is 130 g/mol. The van der Waals surface area contributed by atoms with Crippen molar-refractivity contribution in [3.8, 4) is 0 Å². The van der Waals surface area contributed by atoms with Crippen LogP contribution in [0.2, 0.25) is 0 Å². The molecule has 52 valence electrons. The molecule has 0 spiro atoms. The highest BCUT2D eigenvalue weighted by Crippen LogP contribution is 2.06. The fourth-order valence-corrected chi connectivity index (χ4v) is 0.361. The summed E-state index contributed by atoms with van der Waals surface area (Å²) in [4.78, 5) is 0. The second-order valence-electron chi connectivity index (χ2n) is 1.61. The van der Waals surface area contributed by atoms with Crippen molar-refractivity contribution in [3.63, 3.8) is 0 Å². The Morgan fingerprint density at radius 2 is 2.11 bits per heavy atom. The quantitative estimate of drug-likeness (QED) is 0.412. The molecule has 0 fully saturated rings. The zero-order valence-corrected chi connectivity index (χ0v) is 5.94. The van der Waals surface area contributed by atoms with Crippen LogP contribution in [0, 0.1) is 0 Å². The number of halogens is 1. The summed E-state index contributed by atoms with van der Waals surface area (Å²) < 4.78 is 17.1. The molecule has 0 saturated carbocycles. The second-order valence-corrected chi connectivity index (χ2v) is 1.61. The zero-order chi connectivity index (χ0) is 7.28. The first-order valence-corrected chi connectivity index (χ1v) is 2.75. The third-order valence-electron chi connectivity index (χ3n) is 0.956. The minimum Gasteiger partial charge on any atom is -0.498 e. The van der Waals surface area contributed by atoms with E-state index in [1.807, 2.05) is 0 Å². The lowest BCUT2D eigenvalue weighted by molar-refractivity contribution is 0.280. The van der Waals surface area contributed by atoms with Crippen molar-refractivity contribution < 1.29 is 9.13 Å². The van der Waals surface area contributed by atoms with Gasteiger partial charge in [0, 0.05) is 0 Å². The van der Waals surface area contributed by atoms with Gasteiger partial charge >= 0.3 is 0 Å². The van der Waals surface area contributed by atoms with Crippen LogP contribution in [0.1, 0.15) is 13.8 Å². The van der Waals surface area contributed by atoms with Crippen LogP contribution in [0.5, 0.6) is 0 Å². The van der Waals surface area contributed by atoms with Crippen molar-refractivity contribution in [2.45, 2.75) is 13.8 Å². The lowest BCUT2D eigenvalue weighted by Gasteiger charge is -1.96. The summed E-state index contributed by atoms with van der Waals surface area (Å²) in [5.74, 6) is -0.00639. The topological polar surface area (TPSA) is 9.23 Å². The largest absolute Gasteiger partial charge is 0.498 e. The number of ether oxygens (including phenoxy) is 1. The van der Waals surface area contributed by atoms with Gasteiger partial charge in [-0.2, -0.15) is 0 Å². The van der Waals surface area contributed by atoms with Crippen LogP contribution < -0.4 is 0 Å². The predicted molar refractivity (Wildman–Crippen MR) is 35.6 cm³/mol. The van der Waals surface area contributed by atoms with Gasteiger partial charge in [-0.1, -0.05) is 6.08 Å². The van der Waals surface area contributed by atoms with Gasteiger partial charge in [0.25, 0.3) is 0 Å². The first-order valence-electron chi connectivity index (χ1n) is 2.75. The summed E-state index contributed by atoms with van der Waals surface area (Å²) in [6, 6.07) is 0. The fourth-order valence-electron chi connectivity index (χ4n) is 0.361.